The summed E-state index contributed by atoms with van der Waals surface area (Å²) >= 11 is 0. The molecule has 0 saturated carbocycles. The Labute approximate surface area is 88.2 Å². The maximum Gasteiger partial charge on any atom is 0.353 e. The predicted molar refractivity (Wildman–Crippen MR) is 56.7 cm³/mol. The summed E-state index contributed by atoms with van der Waals surface area (Å²) in [5.41, 5.74) is 2.05. The van der Waals surface area contributed by atoms with Gasteiger partial charge in [0.25, 0.3) is 0 Å². The summed E-state index contributed by atoms with van der Waals surface area (Å²) in [4.78, 5) is 15.3. The number of carboxylic acid groups (broad SMARTS) is 1. The molecule has 0 aliphatic carbocycles. The zero-order chi connectivity index (χ0) is 11.3. The van der Waals surface area contributed by atoms with Gasteiger partial charge in [-0.05, 0) is 19.4 Å². The molecule has 1 aromatic rings. The van der Waals surface area contributed by atoms with E-state index >= 15 is 0 Å². The first kappa shape index (κ1) is 11.2. The Morgan fingerprint density at radius 1 is 1.53 bits per heavy atom. The van der Waals surface area contributed by atoms with E-state index in [0.29, 0.717) is 0 Å². The molecule has 0 amide bonds. The Morgan fingerprint density at radius 3 is 2.87 bits per heavy atom. The van der Waals surface area contributed by atoms with Crippen LogP contribution in [0.15, 0.2) is 29.4 Å². The summed E-state index contributed by atoms with van der Waals surface area (Å²) in [6, 6.07) is 7.77. The van der Waals surface area contributed by atoms with Gasteiger partial charge >= 0.3 is 5.97 Å². The topological polar surface area (TPSA) is 58.9 Å². The first-order valence-corrected chi connectivity index (χ1v) is 4.55. The second-order valence-electron chi connectivity index (χ2n) is 3.24. The molecular formula is C11H13NO3. The molecule has 0 aliphatic heterocycles. The van der Waals surface area contributed by atoms with Crippen molar-refractivity contribution in [1.82, 2.24) is 0 Å². The van der Waals surface area contributed by atoms with Crippen LogP contribution in [0.4, 0.5) is 0 Å². The van der Waals surface area contributed by atoms with Gasteiger partial charge in [0, 0.05) is 0 Å². The van der Waals surface area contributed by atoms with E-state index in [-0.39, 0.29) is 12.3 Å². The SMILES string of the molecule is C/C(=N/OCc1cccc(C)c1)C(=O)O. The van der Waals surface area contributed by atoms with Crippen molar-refractivity contribution < 1.29 is 14.7 Å². The van der Waals surface area contributed by atoms with Crippen molar-refractivity contribution in [2.45, 2.75) is 20.5 Å². The van der Waals surface area contributed by atoms with Gasteiger partial charge in [-0.15, -0.1) is 0 Å². The molecule has 0 fully saturated rings. The second-order valence-corrected chi connectivity index (χ2v) is 3.24. The van der Waals surface area contributed by atoms with E-state index in [4.69, 9.17) is 9.94 Å². The molecule has 0 aliphatic rings. The van der Waals surface area contributed by atoms with E-state index in [1.54, 1.807) is 0 Å². The predicted octanol–water partition coefficient (Wildman–Crippen LogP) is 1.97. The largest absolute Gasteiger partial charge is 0.477 e. The molecule has 1 aromatic carbocycles. The first-order valence-electron chi connectivity index (χ1n) is 4.55. The molecule has 0 heterocycles. The quantitative estimate of drug-likeness (QED) is 0.606. The van der Waals surface area contributed by atoms with Crippen molar-refractivity contribution >= 4 is 11.7 Å². The van der Waals surface area contributed by atoms with Crippen LogP contribution in [-0.4, -0.2) is 16.8 Å². The normalized spacial score (nSPS) is 11.2. The van der Waals surface area contributed by atoms with Crippen LogP contribution in [0.3, 0.4) is 0 Å². The van der Waals surface area contributed by atoms with Crippen LogP contribution in [0, 0.1) is 6.92 Å². The molecule has 0 aromatic heterocycles. The zero-order valence-corrected chi connectivity index (χ0v) is 8.73. The smallest absolute Gasteiger partial charge is 0.353 e. The fourth-order valence-electron chi connectivity index (χ4n) is 1.04. The third-order valence-corrected chi connectivity index (χ3v) is 1.82. The van der Waals surface area contributed by atoms with Crippen LogP contribution in [0.5, 0.6) is 0 Å². The summed E-state index contributed by atoms with van der Waals surface area (Å²) in [5.74, 6) is -1.07. The van der Waals surface area contributed by atoms with E-state index in [0.717, 1.165) is 11.1 Å². The molecule has 0 atom stereocenters. The van der Waals surface area contributed by atoms with Crippen molar-refractivity contribution in [3.63, 3.8) is 0 Å². The fraction of sp³-hybridized carbons (Fsp3) is 0.273. The number of hydrogen-bond acceptors (Lipinski definition) is 3. The van der Waals surface area contributed by atoms with Gasteiger partial charge in [0.05, 0.1) is 0 Å². The molecule has 1 N–H and O–H groups in total. The molecule has 4 nitrogen and oxygen atoms in total. The summed E-state index contributed by atoms with van der Waals surface area (Å²) in [7, 11) is 0. The number of carboxylic acids is 1. The maximum atomic E-state index is 10.4. The average Bonchev–Trinajstić information content (AvgIpc) is 2.17. The third-order valence-electron chi connectivity index (χ3n) is 1.82. The monoisotopic (exact) mass is 207 g/mol. The summed E-state index contributed by atoms with van der Waals surface area (Å²) in [6.07, 6.45) is 0. The van der Waals surface area contributed by atoms with Gasteiger partial charge in [-0.25, -0.2) is 4.79 Å². The Morgan fingerprint density at radius 2 is 2.27 bits per heavy atom. The maximum absolute atomic E-state index is 10.4. The van der Waals surface area contributed by atoms with Crippen molar-refractivity contribution in [3.05, 3.63) is 35.4 Å². The molecule has 0 saturated heterocycles. The van der Waals surface area contributed by atoms with E-state index in [1.807, 2.05) is 31.2 Å². The number of rotatable bonds is 4. The molecule has 1 rings (SSSR count). The van der Waals surface area contributed by atoms with Gasteiger partial charge in [-0.1, -0.05) is 35.0 Å². The first-order chi connectivity index (χ1) is 7.09. The molecule has 80 valence electrons. The molecule has 0 bridgehead atoms. The van der Waals surface area contributed by atoms with Crippen LogP contribution in [0.1, 0.15) is 18.1 Å². The summed E-state index contributed by atoms with van der Waals surface area (Å²) in [5, 5.41) is 12.0. The highest BCUT2D eigenvalue weighted by Crippen LogP contribution is 2.05. The molecule has 15 heavy (non-hydrogen) atoms. The lowest BCUT2D eigenvalue weighted by Gasteiger charge is -2.01. The number of benzene rings is 1. The summed E-state index contributed by atoms with van der Waals surface area (Å²) in [6.45, 7) is 3.65. The minimum Gasteiger partial charge on any atom is -0.477 e. The minimum atomic E-state index is -1.07. The standard InChI is InChI=1S/C11H13NO3/c1-8-4-3-5-10(6-8)7-15-12-9(2)11(13)14/h3-6H,7H2,1-2H3,(H,13,14)/b12-9-. The van der Waals surface area contributed by atoms with E-state index in [9.17, 15) is 4.79 Å². The van der Waals surface area contributed by atoms with Crippen LogP contribution in [0.2, 0.25) is 0 Å². The van der Waals surface area contributed by atoms with Crippen LogP contribution >= 0.6 is 0 Å². The van der Waals surface area contributed by atoms with Crippen LogP contribution < -0.4 is 0 Å². The van der Waals surface area contributed by atoms with Gasteiger partial charge < -0.3 is 9.94 Å². The number of aliphatic carboxylic acids is 1. The fourth-order valence-corrected chi connectivity index (χ4v) is 1.04. The summed E-state index contributed by atoms with van der Waals surface area (Å²) < 4.78 is 0. The highest BCUT2D eigenvalue weighted by Gasteiger charge is 2.01. The number of oxime groups is 1. The molecule has 0 unspecified atom stereocenters. The molecular weight excluding hydrogens is 194 g/mol. The van der Waals surface area contributed by atoms with Crippen LogP contribution in [-0.2, 0) is 16.2 Å². The lowest BCUT2D eigenvalue weighted by molar-refractivity contribution is -0.129. The minimum absolute atomic E-state index is 0.0531. The van der Waals surface area contributed by atoms with Crippen molar-refractivity contribution in [2.75, 3.05) is 0 Å². The number of aryl methyl sites for hydroxylation is 1. The van der Waals surface area contributed by atoms with Gasteiger partial charge in [0.15, 0.2) is 5.71 Å². The average molecular weight is 207 g/mol. The van der Waals surface area contributed by atoms with Gasteiger partial charge in [0.2, 0.25) is 0 Å². The molecule has 0 spiro atoms. The van der Waals surface area contributed by atoms with Gasteiger partial charge in [-0.3, -0.25) is 0 Å². The highest BCUT2D eigenvalue weighted by atomic mass is 16.6. The Balaban J connectivity index is 2.51. The number of nitrogens with zero attached hydrogens (tertiary/aromatic N) is 1. The van der Waals surface area contributed by atoms with Crippen molar-refractivity contribution in [1.29, 1.82) is 0 Å². The Kier molecular flexibility index (Phi) is 3.85. The lowest BCUT2D eigenvalue weighted by Crippen LogP contribution is -2.08. The third kappa shape index (κ3) is 3.81. The Bertz CT molecular complexity index is 385. The second kappa shape index (κ2) is 5.14. The number of carbonyl (C=O) groups is 1. The molecule has 0 radical (unpaired) electrons. The van der Waals surface area contributed by atoms with Crippen molar-refractivity contribution in [3.8, 4) is 0 Å². The zero-order valence-electron chi connectivity index (χ0n) is 8.73. The van der Waals surface area contributed by atoms with E-state index in [1.165, 1.54) is 6.92 Å². The van der Waals surface area contributed by atoms with Gasteiger partial charge in [-0.2, -0.15) is 0 Å². The molecule has 4 heteroatoms. The highest BCUT2D eigenvalue weighted by molar-refractivity contribution is 6.34. The van der Waals surface area contributed by atoms with E-state index < -0.39 is 5.97 Å². The number of hydrogen-bond donors (Lipinski definition) is 1. The Hall–Kier alpha value is -1.84. The van der Waals surface area contributed by atoms with Gasteiger partial charge in [0.1, 0.15) is 6.61 Å². The lowest BCUT2D eigenvalue weighted by atomic mass is 10.1. The van der Waals surface area contributed by atoms with Crippen LogP contribution in [0.25, 0.3) is 0 Å². The van der Waals surface area contributed by atoms with E-state index in [2.05, 4.69) is 5.16 Å². The van der Waals surface area contributed by atoms with Crippen molar-refractivity contribution in [2.24, 2.45) is 5.16 Å².